The van der Waals surface area contributed by atoms with Gasteiger partial charge >= 0.3 is 0 Å². The molecule has 0 aromatic rings. The first kappa shape index (κ1) is 36.7. The number of nitrogens with one attached hydrogen (secondary N) is 2. The lowest BCUT2D eigenvalue weighted by molar-refractivity contribution is -0.123. The number of carbonyl (C=O) groups excluding carboxylic acids is 4. The summed E-state index contributed by atoms with van der Waals surface area (Å²) in [6.45, 7) is 23.4. The minimum absolute atomic E-state index is 0.0730. The van der Waals surface area contributed by atoms with Crippen LogP contribution >= 0.6 is 0 Å². The SMILES string of the molecule is C=CCNC(=O)CN1CCCN(CN(C=O)CC=C)CCN(CN(C=O)CC=C)CCCN(CC(=O)NCC=C)CC1. The molecule has 1 rings (SSSR count). The summed E-state index contributed by atoms with van der Waals surface area (Å²) in [5, 5.41) is 5.70. The molecule has 0 bridgehead atoms. The molecule has 0 radical (unpaired) electrons. The molecular formula is C30H52N8O4. The second-order valence-electron chi connectivity index (χ2n) is 10.3. The van der Waals surface area contributed by atoms with Crippen molar-refractivity contribution in [3.8, 4) is 0 Å². The van der Waals surface area contributed by atoms with Crippen molar-refractivity contribution in [1.29, 1.82) is 0 Å². The first-order valence-electron chi connectivity index (χ1n) is 14.6. The molecule has 0 aliphatic carbocycles. The quantitative estimate of drug-likeness (QED) is 0.167. The van der Waals surface area contributed by atoms with Gasteiger partial charge in [0.2, 0.25) is 24.6 Å². The number of rotatable bonds is 18. The molecule has 0 atom stereocenters. The maximum atomic E-state index is 12.5. The second kappa shape index (κ2) is 23.3. The zero-order valence-electron chi connectivity index (χ0n) is 25.3. The Labute approximate surface area is 252 Å². The fourth-order valence-corrected chi connectivity index (χ4v) is 4.65. The summed E-state index contributed by atoms with van der Waals surface area (Å²) in [5.74, 6) is -0.146. The van der Waals surface area contributed by atoms with Crippen molar-refractivity contribution < 1.29 is 19.2 Å². The molecule has 0 saturated carbocycles. The molecule has 0 aromatic carbocycles. The van der Waals surface area contributed by atoms with E-state index in [0.717, 1.165) is 38.8 Å². The standard InChI is InChI=1S/C30H52N8O4/c1-5-11-31-29(41)23-33-15-9-17-35(25-37(27-39)13-7-3)21-22-36(26-38(28-40)14-8-4)18-10-16-34(20-19-33)24-30(42)32-12-6-2/h5-8,27-28H,1-4,9-26H2,(H,31,41)(H,32,42). The normalized spacial score (nSPS) is 16.8. The molecule has 1 heterocycles. The average Bonchev–Trinajstić information content (AvgIpc) is 2.98. The number of nitrogens with zero attached hydrogens (tertiary/aromatic N) is 6. The summed E-state index contributed by atoms with van der Waals surface area (Å²) in [5.41, 5.74) is 0. The highest BCUT2D eigenvalue weighted by Gasteiger charge is 2.19. The molecule has 0 spiro atoms. The van der Waals surface area contributed by atoms with Crippen LogP contribution in [0.4, 0.5) is 0 Å². The second-order valence-corrected chi connectivity index (χ2v) is 10.3. The molecule has 4 amide bonds. The van der Waals surface area contributed by atoms with Crippen molar-refractivity contribution >= 4 is 24.6 Å². The first-order chi connectivity index (χ1) is 20.4. The van der Waals surface area contributed by atoms with Crippen LogP contribution in [0.5, 0.6) is 0 Å². The predicted octanol–water partition coefficient (Wildman–Crippen LogP) is -0.204. The maximum absolute atomic E-state index is 12.5. The van der Waals surface area contributed by atoms with Crippen LogP contribution in [0.25, 0.3) is 0 Å². The number of hydrogen-bond acceptors (Lipinski definition) is 8. The van der Waals surface area contributed by atoms with Crippen LogP contribution in [0.2, 0.25) is 0 Å². The number of carbonyl (C=O) groups is 4. The van der Waals surface area contributed by atoms with Crippen molar-refractivity contribution in [2.75, 3.05) is 105 Å². The largest absolute Gasteiger partial charge is 0.352 e. The number of hydrogen-bond donors (Lipinski definition) is 2. The third kappa shape index (κ3) is 16.8. The minimum atomic E-state index is -0.0730. The molecule has 236 valence electrons. The molecule has 12 heteroatoms. The van der Waals surface area contributed by atoms with Crippen LogP contribution in [-0.2, 0) is 19.2 Å². The van der Waals surface area contributed by atoms with Gasteiger partial charge in [-0.05, 0) is 25.9 Å². The van der Waals surface area contributed by atoms with Gasteiger partial charge < -0.3 is 20.4 Å². The van der Waals surface area contributed by atoms with Gasteiger partial charge in [0.1, 0.15) is 0 Å². The summed E-state index contributed by atoms with van der Waals surface area (Å²) in [6, 6.07) is 0. The van der Waals surface area contributed by atoms with E-state index in [1.165, 1.54) is 0 Å². The fourth-order valence-electron chi connectivity index (χ4n) is 4.65. The molecule has 42 heavy (non-hydrogen) atoms. The van der Waals surface area contributed by atoms with Crippen molar-refractivity contribution in [1.82, 2.24) is 40.0 Å². The van der Waals surface area contributed by atoms with Crippen molar-refractivity contribution in [2.45, 2.75) is 12.8 Å². The van der Waals surface area contributed by atoms with Gasteiger partial charge in [0.05, 0.1) is 26.4 Å². The lowest BCUT2D eigenvalue weighted by Gasteiger charge is -2.34. The van der Waals surface area contributed by atoms with Crippen LogP contribution in [0, 0.1) is 0 Å². The van der Waals surface area contributed by atoms with E-state index in [4.69, 9.17) is 0 Å². The van der Waals surface area contributed by atoms with E-state index in [2.05, 4.69) is 56.5 Å². The lowest BCUT2D eigenvalue weighted by atomic mass is 10.2. The van der Waals surface area contributed by atoms with E-state index in [1.54, 1.807) is 34.1 Å². The van der Waals surface area contributed by atoms with E-state index >= 15 is 0 Å². The smallest absolute Gasteiger partial charge is 0.234 e. The maximum Gasteiger partial charge on any atom is 0.234 e. The molecule has 0 aromatic heterocycles. The Balaban J connectivity index is 3.13. The van der Waals surface area contributed by atoms with Crippen molar-refractivity contribution in [3.63, 3.8) is 0 Å². The lowest BCUT2D eigenvalue weighted by Crippen LogP contribution is -2.48. The Morgan fingerprint density at radius 3 is 1.26 bits per heavy atom. The Bertz CT molecular complexity index is 787. The number of amides is 4. The van der Waals surface area contributed by atoms with E-state index in [9.17, 15) is 19.2 Å². The fraction of sp³-hybridized carbons (Fsp3) is 0.600. The third-order valence-corrected chi connectivity index (χ3v) is 6.77. The van der Waals surface area contributed by atoms with Gasteiger partial charge in [0.15, 0.2) is 0 Å². The monoisotopic (exact) mass is 588 g/mol. The summed E-state index contributed by atoms with van der Waals surface area (Å²) in [7, 11) is 0. The molecule has 1 aliphatic heterocycles. The zero-order chi connectivity index (χ0) is 31.0. The van der Waals surface area contributed by atoms with Crippen LogP contribution < -0.4 is 10.6 Å². The molecule has 12 nitrogen and oxygen atoms in total. The highest BCUT2D eigenvalue weighted by Crippen LogP contribution is 2.05. The molecule has 2 N–H and O–H groups in total. The van der Waals surface area contributed by atoms with E-state index in [-0.39, 0.29) is 24.9 Å². The van der Waals surface area contributed by atoms with Gasteiger partial charge in [-0.2, -0.15) is 0 Å². The zero-order valence-corrected chi connectivity index (χ0v) is 25.3. The Kier molecular flexibility index (Phi) is 20.3. The van der Waals surface area contributed by atoms with Gasteiger partial charge in [-0.1, -0.05) is 24.3 Å². The third-order valence-electron chi connectivity index (χ3n) is 6.77. The van der Waals surface area contributed by atoms with Gasteiger partial charge in [-0.25, -0.2) is 0 Å². The minimum Gasteiger partial charge on any atom is -0.352 e. The molecular weight excluding hydrogens is 536 g/mol. The van der Waals surface area contributed by atoms with Crippen LogP contribution in [0.3, 0.4) is 0 Å². The Hall–Kier alpha value is -3.32. The van der Waals surface area contributed by atoms with Gasteiger partial charge in [-0.3, -0.25) is 38.8 Å². The van der Waals surface area contributed by atoms with Crippen molar-refractivity contribution in [2.24, 2.45) is 0 Å². The van der Waals surface area contributed by atoms with Gasteiger partial charge in [0.25, 0.3) is 0 Å². The van der Waals surface area contributed by atoms with Crippen LogP contribution in [0.15, 0.2) is 50.6 Å². The Morgan fingerprint density at radius 2 is 0.929 bits per heavy atom. The summed E-state index contributed by atoms with van der Waals surface area (Å²) >= 11 is 0. The molecule has 1 saturated heterocycles. The van der Waals surface area contributed by atoms with Gasteiger partial charge in [0, 0.05) is 65.4 Å². The topological polar surface area (TPSA) is 112 Å². The first-order valence-corrected chi connectivity index (χ1v) is 14.6. The van der Waals surface area contributed by atoms with Crippen molar-refractivity contribution in [3.05, 3.63) is 50.6 Å². The highest BCUT2D eigenvalue weighted by molar-refractivity contribution is 5.78. The average molecular weight is 589 g/mol. The molecule has 1 fully saturated rings. The predicted molar refractivity (Wildman–Crippen MR) is 167 cm³/mol. The van der Waals surface area contributed by atoms with Gasteiger partial charge in [-0.15, -0.1) is 26.3 Å². The summed E-state index contributed by atoms with van der Waals surface area (Å²) in [6.07, 6.45) is 9.94. The Morgan fingerprint density at radius 1 is 0.571 bits per heavy atom. The van der Waals surface area contributed by atoms with E-state index in [1.807, 2.05) is 0 Å². The highest BCUT2D eigenvalue weighted by atomic mass is 16.2. The summed E-state index contributed by atoms with van der Waals surface area (Å²) in [4.78, 5) is 60.4. The molecule has 0 unspecified atom stereocenters. The molecule has 1 aliphatic rings. The van der Waals surface area contributed by atoms with Crippen LogP contribution in [-0.4, -0.2) is 159 Å². The van der Waals surface area contributed by atoms with E-state index < -0.39 is 0 Å². The van der Waals surface area contributed by atoms with E-state index in [0.29, 0.717) is 78.8 Å². The van der Waals surface area contributed by atoms with Crippen LogP contribution in [0.1, 0.15) is 12.8 Å². The summed E-state index contributed by atoms with van der Waals surface area (Å²) < 4.78 is 0.